The quantitative estimate of drug-likeness (QED) is 0.255. The molecule has 1 aliphatic rings. The third-order valence-corrected chi connectivity index (χ3v) is 6.62. The van der Waals surface area contributed by atoms with Crippen LogP contribution in [0, 0.1) is 0 Å². The van der Waals surface area contributed by atoms with Gasteiger partial charge in [-0.25, -0.2) is 0 Å². The minimum Gasteiger partial charge on any atom is -0.507 e. The zero-order chi connectivity index (χ0) is 23.5. The highest BCUT2D eigenvalue weighted by Gasteiger charge is 2.47. The van der Waals surface area contributed by atoms with Crippen molar-refractivity contribution in [3.05, 3.63) is 87.6 Å². The summed E-state index contributed by atoms with van der Waals surface area (Å²) in [6.07, 6.45) is 0.893. The molecule has 1 aromatic heterocycles. The maximum Gasteiger partial charge on any atom is 0.300 e. The Bertz CT molecular complexity index is 1160. The Labute approximate surface area is 197 Å². The summed E-state index contributed by atoms with van der Waals surface area (Å²) in [4.78, 5) is 28.6. The number of benzene rings is 2. The molecule has 5 nitrogen and oxygen atoms in total. The first-order chi connectivity index (χ1) is 15.9. The van der Waals surface area contributed by atoms with Gasteiger partial charge in [0, 0.05) is 16.1 Å². The van der Waals surface area contributed by atoms with Crippen LogP contribution in [0.4, 0.5) is 5.69 Å². The smallest absolute Gasteiger partial charge is 0.300 e. The average Bonchev–Trinajstić information content (AvgIpc) is 3.44. The SMILES string of the molecule is CCCOc1ccc(/C(O)=C2/C(=O)C(=O)N(c3ccc(C(C)C)cc3)C2c2cccs2)cc1. The lowest BCUT2D eigenvalue weighted by Gasteiger charge is -2.24. The van der Waals surface area contributed by atoms with Gasteiger partial charge in [0.15, 0.2) is 0 Å². The number of nitrogens with zero attached hydrogens (tertiary/aromatic N) is 1. The number of amides is 1. The van der Waals surface area contributed by atoms with Gasteiger partial charge in [-0.05, 0) is 65.7 Å². The number of ether oxygens (including phenoxy) is 1. The van der Waals surface area contributed by atoms with Crippen LogP contribution < -0.4 is 9.64 Å². The molecule has 1 N–H and O–H groups in total. The molecule has 1 fully saturated rings. The highest BCUT2D eigenvalue weighted by Crippen LogP contribution is 2.43. The van der Waals surface area contributed by atoms with Gasteiger partial charge in [0.05, 0.1) is 12.2 Å². The van der Waals surface area contributed by atoms with E-state index in [4.69, 9.17) is 4.74 Å². The predicted molar refractivity (Wildman–Crippen MR) is 132 cm³/mol. The van der Waals surface area contributed by atoms with Crippen LogP contribution in [0.15, 0.2) is 71.6 Å². The molecule has 0 spiro atoms. The second kappa shape index (κ2) is 9.63. The van der Waals surface area contributed by atoms with Crippen molar-refractivity contribution in [1.29, 1.82) is 0 Å². The van der Waals surface area contributed by atoms with Gasteiger partial charge in [0.25, 0.3) is 11.7 Å². The van der Waals surface area contributed by atoms with Crippen molar-refractivity contribution in [2.45, 2.75) is 39.2 Å². The monoisotopic (exact) mass is 461 g/mol. The van der Waals surface area contributed by atoms with Crippen molar-refractivity contribution in [2.24, 2.45) is 0 Å². The van der Waals surface area contributed by atoms with Gasteiger partial charge in [-0.3, -0.25) is 14.5 Å². The van der Waals surface area contributed by atoms with Crippen molar-refractivity contribution in [1.82, 2.24) is 0 Å². The number of rotatable bonds is 7. The van der Waals surface area contributed by atoms with E-state index in [0.29, 0.717) is 29.5 Å². The second-order valence-electron chi connectivity index (χ2n) is 8.30. The van der Waals surface area contributed by atoms with Crippen LogP contribution >= 0.6 is 11.3 Å². The molecule has 2 heterocycles. The summed E-state index contributed by atoms with van der Waals surface area (Å²) in [5.74, 6) is -0.476. The molecule has 0 aliphatic carbocycles. The normalized spacial score (nSPS) is 17.7. The number of aliphatic hydroxyl groups is 1. The van der Waals surface area contributed by atoms with Gasteiger partial charge < -0.3 is 9.84 Å². The molecule has 4 rings (SSSR count). The van der Waals surface area contributed by atoms with Gasteiger partial charge in [-0.2, -0.15) is 0 Å². The summed E-state index contributed by atoms with van der Waals surface area (Å²) < 4.78 is 5.61. The summed E-state index contributed by atoms with van der Waals surface area (Å²) in [5, 5.41) is 13.1. The fraction of sp³-hybridized carbons (Fsp3) is 0.259. The molecule has 3 aromatic rings. The maximum atomic E-state index is 13.2. The number of anilines is 1. The van der Waals surface area contributed by atoms with Crippen molar-refractivity contribution < 1.29 is 19.4 Å². The van der Waals surface area contributed by atoms with Crippen LogP contribution in [0.3, 0.4) is 0 Å². The van der Waals surface area contributed by atoms with Crippen LogP contribution in [0.2, 0.25) is 0 Å². The lowest BCUT2D eigenvalue weighted by Crippen LogP contribution is -2.29. The fourth-order valence-electron chi connectivity index (χ4n) is 3.92. The zero-order valence-corrected chi connectivity index (χ0v) is 19.8. The molecule has 0 saturated carbocycles. The number of carbonyl (C=O) groups excluding carboxylic acids is 2. The van der Waals surface area contributed by atoms with Gasteiger partial charge in [0.2, 0.25) is 0 Å². The van der Waals surface area contributed by atoms with Gasteiger partial charge in [-0.15, -0.1) is 11.3 Å². The zero-order valence-electron chi connectivity index (χ0n) is 18.9. The lowest BCUT2D eigenvalue weighted by molar-refractivity contribution is -0.132. The molecule has 1 atom stereocenters. The van der Waals surface area contributed by atoms with E-state index in [0.717, 1.165) is 16.9 Å². The maximum absolute atomic E-state index is 13.2. The van der Waals surface area contributed by atoms with E-state index in [9.17, 15) is 14.7 Å². The summed E-state index contributed by atoms with van der Waals surface area (Å²) >= 11 is 1.45. The van der Waals surface area contributed by atoms with E-state index >= 15 is 0 Å². The van der Waals surface area contributed by atoms with E-state index in [-0.39, 0.29) is 11.3 Å². The molecule has 1 unspecified atom stereocenters. The van der Waals surface area contributed by atoms with Crippen LogP contribution in [0.25, 0.3) is 5.76 Å². The first kappa shape index (κ1) is 22.8. The lowest BCUT2D eigenvalue weighted by atomic mass is 9.99. The minimum absolute atomic E-state index is 0.0950. The first-order valence-electron chi connectivity index (χ1n) is 11.1. The van der Waals surface area contributed by atoms with E-state index in [2.05, 4.69) is 13.8 Å². The molecule has 33 heavy (non-hydrogen) atoms. The topological polar surface area (TPSA) is 66.8 Å². The number of Topliss-reactive ketones (excluding diaryl/α,β-unsaturated/α-hetero) is 1. The third-order valence-electron chi connectivity index (χ3n) is 5.70. The fourth-order valence-corrected chi connectivity index (χ4v) is 4.74. The Morgan fingerprint density at radius 1 is 1.06 bits per heavy atom. The number of aliphatic hydroxyl groups excluding tert-OH is 1. The van der Waals surface area contributed by atoms with Crippen LogP contribution in [-0.2, 0) is 9.59 Å². The van der Waals surface area contributed by atoms with Crippen molar-refractivity contribution >= 4 is 34.5 Å². The highest BCUT2D eigenvalue weighted by atomic mass is 32.1. The van der Waals surface area contributed by atoms with Crippen LogP contribution in [0.1, 0.15) is 55.2 Å². The Kier molecular flexibility index (Phi) is 6.65. The molecule has 1 saturated heterocycles. The third kappa shape index (κ3) is 4.44. The van der Waals surface area contributed by atoms with E-state index in [1.54, 1.807) is 24.3 Å². The van der Waals surface area contributed by atoms with Crippen molar-refractivity contribution in [3.8, 4) is 5.75 Å². The van der Waals surface area contributed by atoms with E-state index in [1.165, 1.54) is 16.2 Å². The number of ketones is 1. The summed E-state index contributed by atoms with van der Waals surface area (Å²) in [5.41, 5.74) is 2.34. The second-order valence-corrected chi connectivity index (χ2v) is 9.28. The first-order valence-corrected chi connectivity index (χ1v) is 12.0. The predicted octanol–water partition coefficient (Wildman–Crippen LogP) is 6.29. The number of hydrogen-bond donors (Lipinski definition) is 1. The van der Waals surface area contributed by atoms with Gasteiger partial charge >= 0.3 is 0 Å². The van der Waals surface area contributed by atoms with E-state index < -0.39 is 17.7 Å². The Hall–Kier alpha value is -3.38. The van der Waals surface area contributed by atoms with Gasteiger partial charge in [-0.1, -0.05) is 39.0 Å². The molecular weight excluding hydrogens is 434 g/mol. The Balaban J connectivity index is 1.78. The van der Waals surface area contributed by atoms with Crippen molar-refractivity contribution in [2.75, 3.05) is 11.5 Å². The molecule has 2 aromatic carbocycles. The minimum atomic E-state index is -0.690. The van der Waals surface area contributed by atoms with Crippen molar-refractivity contribution in [3.63, 3.8) is 0 Å². The van der Waals surface area contributed by atoms with Crippen LogP contribution in [0.5, 0.6) is 5.75 Å². The molecule has 6 heteroatoms. The number of carbonyl (C=O) groups is 2. The Morgan fingerprint density at radius 2 is 1.76 bits per heavy atom. The van der Waals surface area contributed by atoms with Gasteiger partial charge in [0.1, 0.15) is 17.6 Å². The summed E-state index contributed by atoms with van der Waals surface area (Å²) in [7, 11) is 0. The molecule has 1 aliphatic heterocycles. The Morgan fingerprint density at radius 3 is 2.33 bits per heavy atom. The number of thiophene rings is 1. The summed E-state index contributed by atoms with van der Waals surface area (Å²) in [6, 6.07) is 17.7. The number of hydrogen-bond acceptors (Lipinski definition) is 5. The standard InChI is InChI=1S/C27H27NO4S/c1-4-15-32-21-13-9-19(10-14-21)25(29)23-24(22-6-5-16-33-22)28(27(31)26(23)30)20-11-7-18(8-12-20)17(2)3/h5-14,16-17,24,29H,4,15H2,1-3H3/b25-23-. The average molecular weight is 462 g/mol. The molecule has 0 bridgehead atoms. The highest BCUT2D eigenvalue weighted by molar-refractivity contribution is 7.10. The largest absolute Gasteiger partial charge is 0.507 e. The molecular formula is C27H27NO4S. The molecule has 0 radical (unpaired) electrons. The molecule has 1 amide bonds. The summed E-state index contributed by atoms with van der Waals surface area (Å²) in [6.45, 7) is 6.83. The van der Waals surface area contributed by atoms with E-state index in [1.807, 2.05) is 48.7 Å². The molecule has 170 valence electrons. The van der Waals surface area contributed by atoms with Crippen LogP contribution in [-0.4, -0.2) is 23.4 Å².